The van der Waals surface area contributed by atoms with Gasteiger partial charge in [-0.25, -0.2) is 0 Å². The summed E-state index contributed by atoms with van der Waals surface area (Å²) in [5.41, 5.74) is 2.23. The Kier molecular flexibility index (Phi) is 3.84. The highest BCUT2D eigenvalue weighted by atomic mass is 16.6. The fourth-order valence-corrected chi connectivity index (χ4v) is 3.51. The van der Waals surface area contributed by atoms with Gasteiger partial charge in [-0.3, -0.25) is 4.90 Å². The van der Waals surface area contributed by atoms with Gasteiger partial charge in [-0.15, -0.1) is 0 Å². The van der Waals surface area contributed by atoms with Gasteiger partial charge in [-0.2, -0.15) is 0 Å². The predicted molar refractivity (Wildman–Crippen MR) is 74.6 cm³/mol. The second kappa shape index (κ2) is 5.47. The number of rotatable bonds is 3. The van der Waals surface area contributed by atoms with Crippen molar-refractivity contribution in [2.75, 3.05) is 26.8 Å². The highest BCUT2D eigenvalue weighted by molar-refractivity contribution is 5.20. The van der Waals surface area contributed by atoms with Crippen LogP contribution in [0.1, 0.15) is 36.3 Å². The van der Waals surface area contributed by atoms with E-state index < -0.39 is 0 Å². The van der Waals surface area contributed by atoms with Crippen LogP contribution in [0.15, 0.2) is 4.52 Å². The Morgan fingerprint density at radius 1 is 1.45 bits per heavy atom. The molecule has 0 bridgehead atoms. The van der Waals surface area contributed by atoms with E-state index in [2.05, 4.69) is 10.1 Å². The summed E-state index contributed by atoms with van der Waals surface area (Å²) in [6.45, 7) is 7.74. The topological polar surface area (TPSA) is 47.7 Å². The molecule has 0 aromatic carbocycles. The van der Waals surface area contributed by atoms with Crippen LogP contribution in [0, 0.1) is 13.8 Å². The van der Waals surface area contributed by atoms with Gasteiger partial charge in [-0.05, 0) is 33.2 Å². The average Bonchev–Trinajstić information content (AvgIpc) is 2.97. The molecule has 3 rings (SSSR count). The molecular formula is C15H24N2O3. The fraction of sp³-hybridized carbons (Fsp3) is 0.800. The smallest absolute Gasteiger partial charge is 0.138 e. The zero-order chi connectivity index (χ0) is 14.2. The summed E-state index contributed by atoms with van der Waals surface area (Å²) in [6, 6.07) is 0. The largest absolute Gasteiger partial charge is 0.379 e. The molecule has 5 nitrogen and oxygen atoms in total. The molecule has 2 fully saturated rings. The Labute approximate surface area is 120 Å². The maximum atomic E-state index is 6.09. The summed E-state index contributed by atoms with van der Waals surface area (Å²) in [7, 11) is 1.78. The number of ether oxygens (including phenoxy) is 2. The van der Waals surface area contributed by atoms with Gasteiger partial charge < -0.3 is 14.0 Å². The van der Waals surface area contributed by atoms with Crippen LogP contribution in [0.2, 0.25) is 0 Å². The fourth-order valence-electron chi connectivity index (χ4n) is 3.51. The van der Waals surface area contributed by atoms with Crippen LogP contribution >= 0.6 is 0 Å². The predicted octanol–water partition coefficient (Wildman–Crippen LogP) is 2.06. The second-order valence-corrected chi connectivity index (χ2v) is 6.17. The molecule has 0 saturated carbocycles. The number of methoxy groups -OCH3 is 1. The summed E-state index contributed by atoms with van der Waals surface area (Å²) in [5, 5.41) is 4.04. The lowest BCUT2D eigenvalue weighted by Crippen LogP contribution is -2.47. The molecule has 3 heterocycles. The molecule has 0 amide bonds. The normalized spacial score (nSPS) is 31.2. The van der Waals surface area contributed by atoms with Crippen LogP contribution in [0.25, 0.3) is 0 Å². The van der Waals surface area contributed by atoms with Crippen molar-refractivity contribution in [3.05, 3.63) is 17.0 Å². The zero-order valence-electron chi connectivity index (χ0n) is 12.6. The van der Waals surface area contributed by atoms with E-state index in [0.29, 0.717) is 0 Å². The minimum atomic E-state index is -0.00208. The summed E-state index contributed by atoms with van der Waals surface area (Å²) in [6.07, 6.45) is 3.60. The van der Waals surface area contributed by atoms with Gasteiger partial charge in [0.1, 0.15) is 5.76 Å². The van der Waals surface area contributed by atoms with Crippen LogP contribution in [-0.4, -0.2) is 48.6 Å². The van der Waals surface area contributed by atoms with E-state index in [1.54, 1.807) is 7.11 Å². The van der Waals surface area contributed by atoms with E-state index in [9.17, 15) is 0 Å². The van der Waals surface area contributed by atoms with Crippen LogP contribution in [0.4, 0.5) is 0 Å². The van der Waals surface area contributed by atoms with Gasteiger partial charge in [0.15, 0.2) is 0 Å². The highest BCUT2D eigenvalue weighted by Crippen LogP contribution is 2.36. The van der Waals surface area contributed by atoms with Crippen molar-refractivity contribution in [1.82, 2.24) is 10.1 Å². The van der Waals surface area contributed by atoms with Crippen LogP contribution in [0.3, 0.4) is 0 Å². The molecule has 1 spiro atoms. The molecule has 1 aromatic rings. The summed E-state index contributed by atoms with van der Waals surface area (Å²) in [5.74, 6) is 0.934. The van der Waals surface area contributed by atoms with Crippen molar-refractivity contribution in [1.29, 1.82) is 0 Å². The van der Waals surface area contributed by atoms with Crippen molar-refractivity contribution < 1.29 is 14.0 Å². The Morgan fingerprint density at radius 3 is 2.95 bits per heavy atom. The molecule has 2 saturated heterocycles. The van der Waals surface area contributed by atoms with E-state index in [4.69, 9.17) is 14.0 Å². The highest BCUT2D eigenvalue weighted by Gasteiger charge is 2.43. The maximum Gasteiger partial charge on any atom is 0.138 e. The van der Waals surface area contributed by atoms with Crippen LogP contribution < -0.4 is 0 Å². The van der Waals surface area contributed by atoms with Crippen molar-refractivity contribution in [3.8, 4) is 0 Å². The number of piperidine rings is 1. The Morgan fingerprint density at radius 2 is 2.30 bits per heavy atom. The zero-order valence-corrected chi connectivity index (χ0v) is 12.6. The third kappa shape index (κ3) is 2.62. The third-order valence-electron chi connectivity index (χ3n) is 4.69. The Balaban J connectivity index is 1.67. The second-order valence-electron chi connectivity index (χ2n) is 6.17. The SMILES string of the molecule is CO[C@H]1CO[C@@]2(CCCN(Cc3c(C)noc3C)C2)C1. The molecule has 0 unspecified atom stereocenters. The minimum Gasteiger partial charge on any atom is -0.379 e. The molecular weight excluding hydrogens is 256 g/mol. The van der Waals surface area contributed by atoms with Crippen molar-refractivity contribution >= 4 is 0 Å². The van der Waals surface area contributed by atoms with Crippen molar-refractivity contribution in [3.63, 3.8) is 0 Å². The molecule has 0 aliphatic carbocycles. The van der Waals surface area contributed by atoms with Crippen LogP contribution in [-0.2, 0) is 16.0 Å². The number of hydrogen-bond acceptors (Lipinski definition) is 5. The molecule has 5 heteroatoms. The molecule has 0 N–H and O–H groups in total. The molecule has 2 aliphatic rings. The lowest BCUT2D eigenvalue weighted by Gasteiger charge is -2.39. The molecule has 0 radical (unpaired) electrons. The lowest BCUT2D eigenvalue weighted by atomic mass is 9.89. The number of aryl methyl sites for hydroxylation is 2. The van der Waals surface area contributed by atoms with Crippen molar-refractivity contribution in [2.24, 2.45) is 0 Å². The van der Waals surface area contributed by atoms with Gasteiger partial charge in [0.05, 0.1) is 24.0 Å². The standard InChI is InChI=1S/C15H24N2O3/c1-11-14(12(2)20-16-11)8-17-6-4-5-15(10-17)7-13(18-3)9-19-15/h13H,4-10H2,1-3H3/t13-,15+/m1/s1. The van der Waals surface area contributed by atoms with E-state index in [0.717, 1.165) is 50.5 Å². The first kappa shape index (κ1) is 14.0. The van der Waals surface area contributed by atoms with Gasteiger partial charge in [0.25, 0.3) is 0 Å². The van der Waals surface area contributed by atoms with Gasteiger partial charge in [-0.1, -0.05) is 5.16 Å². The van der Waals surface area contributed by atoms with E-state index in [1.807, 2.05) is 13.8 Å². The molecule has 1 aromatic heterocycles. The van der Waals surface area contributed by atoms with Crippen molar-refractivity contribution in [2.45, 2.75) is 51.4 Å². The maximum absolute atomic E-state index is 6.09. The third-order valence-corrected chi connectivity index (χ3v) is 4.69. The number of hydrogen-bond donors (Lipinski definition) is 0. The first-order valence-electron chi connectivity index (χ1n) is 7.43. The van der Waals surface area contributed by atoms with E-state index in [-0.39, 0.29) is 11.7 Å². The molecule has 20 heavy (non-hydrogen) atoms. The van der Waals surface area contributed by atoms with Gasteiger partial charge >= 0.3 is 0 Å². The first-order chi connectivity index (χ1) is 9.62. The Hall–Kier alpha value is -0.910. The first-order valence-corrected chi connectivity index (χ1v) is 7.43. The van der Waals surface area contributed by atoms with Gasteiger partial charge in [0.2, 0.25) is 0 Å². The summed E-state index contributed by atoms with van der Waals surface area (Å²) in [4.78, 5) is 2.47. The molecule has 112 valence electrons. The number of nitrogens with zero attached hydrogens (tertiary/aromatic N) is 2. The monoisotopic (exact) mass is 280 g/mol. The van der Waals surface area contributed by atoms with E-state index >= 15 is 0 Å². The van der Waals surface area contributed by atoms with Gasteiger partial charge in [0, 0.05) is 32.2 Å². The summed E-state index contributed by atoms with van der Waals surface area (Å²) >= 11 is 0. The number of likely N-dealkylation sites (tertiary alicyclic amines) is 1. The quantitative estimate of drug-likeness (QED) is 0.848. The average molecular weight is 280 g/mol. The lowest BCUT2D eigenvalue weighted by molar-refractivity contribution is -0.0543. The minimum absolute atomic E-state index is 0.00208. The molecule has 2 atom stereocenters. The van der Waals surface area contributed by atoms with E-state index in [1.165, 1.54) is 12.0 Å². The molecule has 2 aliphatic heterocycles. The van der Waals surface area contributed by atoms with Crippen LogP contribution in [0.5, 0.6) is 0 Å². The Bertz CT molecular complexity index is 454. The number of aromatic nitrogens is 1. The summed E-state index contributed by atoms with van der Waals surface area (Å²) < 4.78 is 16.8.